The van der Waals surface area contributed by atoms with E-state index in [2.05, 4.69) is 68.4 Å². The van der Waals surface area contributed by atoms with Gasteiger partial charge in [0.15, 0.2) is 0 Å². The Morgan fingerprint density at radius 3 is 2.06 bits per heavy atom. The molecular weight excluding hydrogens is 422 g/mol. The highest BCUT2D eigenvalue weighted by Crippen LogP contribution is 2.54. The zero-order valence-corrected chi connectivity index (χ0v) is 22.8. The maximum absolute atomic E-state index is 6.29. The normalized spacial score (nSPS) is 23.8. The van der Waals surface area contributed by atoms with Crippen LogP contribution in [-0.4, -0.2) is 70.5 Å². The second-order valence-electron chi connectivity index (χ2n) is 12.4. The summed E-state index contributed by atoms with van der Waals surface area (Å²) in [4.78, 5) is 7.76. The first-order valence-electron chi connectivity index (χ1n) is 13.8. The van der Waals surface area contributed by atoms with Gasteiger partial charge >= 0.3 is 0 Å². The fraction of sp³-hybridized carbons (Fsp3) is 0.793. The van der Waals surface area contributed by atoms with Crippen molar-refractivity contribution in [2.75, 3.05) is 75.4 Å². The molecule has 2 saturated heterocycles. The van der Waals surface area contributed by atoms with E-state index in [1.807, 2.05) is 0 Å². The SMILES string of the molecule is CCCN1CCN(c2cc(OCC)c(N3CCOCC3)cc2C2CC(C)(C)CC(C)(C)C2)CC1. The largest absolute Gasteiger partial charge is 0.492 e. The average Bonchev–Trinajstić information content (AvgIpc) is 2.78. The van der Waals surface area contributed by atoms with E-state index in [9.17, 15) is 0 Å². The van der Waals surface area contributed by atoms with Crippen molar-refractivity contribution >= 4 is 11.4 Å². The molecule has 0 radical (unpaired) electrons. The predicted octanol–water partition coefficient (Wildman–Crippen LogP) is 5.77. The lowest BCUT2D eigenvalue weighted by Gasteiger charge is -2.47. The molecule has 0 amide bonds. The molecule has 4 rings (SSSR count). The first kappa shape index (κ1) is 25.6. The van der Waals surface area contributed by atoms with Gasteiger partial charge in [-0.2, -0.15) is 0 Å². The summed E-state index contributed by atoms with van der Waals surface area (Å²) in [5, 5.41) is 0. The number of benzene rings is 1. The molecule has 1 aromatic rings. The monoisotopic (exact) mass is 471 g/mol. The minimum atomic E-state index is 0.362. The average molecular weight is 472 g/mol. The van der Waals surface area contributed by atoms with E-state index in [-0.39, 0.29) is 0 Å². The second-order valence-corrected chi connectivity index (χ2v) is 12.4. The second kappa shape index (κ2) is 10.7. The minimum absolute atomic E-state index is 0.362. The molecule has 5 nitrogen and oxygen atoms in total. The fourth-order valence-electron chi connectivity index (χ4n) is 7.09. The van der Waals surface area contributed by atoms with E-state index in [1.165, 1.54) is 43.6 Å². The summed E-state index contributed by atoms with van der Waals surface area (Å²) in [5.41, 5.74) is 4.97. The Morgan fingerprint density at radius 1 is 0.853 bits per heavy atom. The Balaban J connectivity index is 1.74. The molecule has 1 aliphatic carbocycles. The van der Waals surface area contributed by atoms with Crippen molar-refractivity contribution in [1.82, 2.24) is 4.90 Å². The molecule has 1 aromatic carbocycles. The van der Waals surface area contributed by atoms with Gasteiger partial charge in [0.1, 0.15) is 5.75 Å². The van der Waals surface area contributed by atoms with Crippen LogP contribution < -0.4 is 14.5 Å². The van der Waals surface area contributed by atoms with Crippen LogP contribution in [0.3, 0.4) is 0 Å². The molecule has 0 spiro atoms. The van der Waals surface area contributed by atoms with E-state index >= 15 is 0 Å². The highest BCUT2D eigenvalue weighted by molar-refractivity contribution is 5.71. The van der Waals surface area contributed by atoms with Crippen LogP contribution in [0.2, 0.25) is 0 Å². The molecule has 34 heavy (non-hydrogen) atoms. The van der Waals surface area contributed by atoms with Gasteiger partial charge in [-0.05, 0) is 67.5 Å². The third-order valence-corrected chi connectivity index (χ3v) is 8.01. The summed E-state index contributed by atoms with van der Waals surface area (Å²) < 4.78 is 12.0. The smallest absolute Gasteiger partial charge is 0.144 e. The zero-order valence-electron chi connectivity index (χ0n) is 22.8. The van der Waals surface area contributed by atoms with Crippen molar-refractivity contribution < 1.29 is 9.47 Å². The van der Waals surface area contributed by atoms with Crippen LogP contribution in [0.25, 0.3) is 0 Å². The van der Waals surface area contributed by atoms with Gasteiger partial charge in [-0.15, -0.1) is 0 Å². The minimum Gasteiger partial charge on any atom is -0.492 e. The first-order chi connectivity index (χ1) is 16.2. The van der Waals surface area contributed by atoms with E-state index in [4.69, 9.17) is 9.47 Å². The summed E-state index contributed by atoms with van der Waals surface area (Å²) in [6.07, 6.45) is 5.06. The maximum atomic E-state index is 6.29. The molecule has 0 aromatic heterocycles. The van der Waals surface area contributed by atoms with Gasteiger partial charge in [0, 0.05) is 51.0 Å². The highest BCUT2D eigenvalue weighted by atomic mass is 16.5. The van der Waals surface area contributed by atoms with Crippen LogP contribution in [-0.2, 0) is 4.74 Å². The maximum Gasteiger partial charge on any atom is 0.144 e. The van der Waals surface area contributed by atoms with Crippen LogP contribution in [0.15, 0.2) is 12.1 Å². The molecule has 192 valence electrons. The number of hydrogen-bond donors (Lipinski definition) is 0. The Kier molecular flexibility index (Phi) is 8.03. The van der Waals surface area contributed by atoms with Crippen LogP contribution in [0, 0.1) is 10.8 Å². The third-order valence-electron chi connectivity index (χ3n) is 8.01. The number of hydrogen-bond acceptors (Lipinski definition) is 5. The van der Waals surface area contributed by atoms with E-state index < -0.39 is 0 Å². The van der Waals surface area contributed by atoms with Gasteiger partial charge in [-0.25, -0.2) is 0 Å². The van der Waals surface area contributed by atoms with Gasteiger partial charge in [-0.3, -0.25) is 4.90 Å². The lowest BCUT2D eigenvalue weighted by atomic mass is 9.60. The zero-order chi connectivity index (χ0) is 24.3. The van der Waals surface area contributed by atoms with Crippen LogP contribution >= 0.6 is 0 Å². The molecular formula is C29H49N3O2. The number of piperazine rings is 1. The molecule has 0 unspecified atom stereocenters. The Morgan fingerprint density at radius 2 is 1.47 bits per heavy atom. The first-order valence-corrected chi connectivity index (χ1v) is 13.8. The summed E-state index contributed by atoms with van der Waals surface area (Å²) in [7, 11) is 0. The lowest BCUT2D eigenvalue weighted by molar-refractivity contribution is 0.0969. The third kappa shape index (κ3) is 6.02. The van der Waals surface area contributed by atoms with Crippen LogP contribution in [0.4, 0.5) is 11.4 Å². The van der Waals surface area contributed by atoms with Gasteiger partial charge in [-0.1, -0.05) is 34.6 Å². The van der Waals surface area contributed by atoms with Crippen molar-refractivity contribution in [3.05, 3.63) is 17.7 Å². The number of ether oxygens (including phenoxy) is 2. The van der Waals surface area contributed by atoms with Crippen molar-refractivity contribution in [3.63, 3.8) is 0 Å². The van der Waals surface area contributed by atoms with Crippen LogP contribution in [0.5, 0.6) is 5.75 Å². The van der Waals surface area contributed by atoms with Crippen LogP contribution in [0.1, 0.15) is 78.7 Å². The molecule has 0 bridgehead atoms. The molecule has 2 aliphatic heterocycles. The molecule has 5 heteroatoms. The summed E-state index contributed by atoms with van der Waals surface area (Å²) in [5.74, 6) is 1.63. The van der Waals surface area contributed by atoms with Crippen molar-refractivity contribution in [3.8, 4) is 5.75 Å². The molecule has 3 fully saturated rings. The molecule has 0 N–H and O–H groups in total. The lowest BCUT2D eigenvalue weighted by Crippen LogP contribution is -2.47. The predicted molar refractivity (Wildman–Crippen MR) is 144 cm³/mol. The summed E-state index contributed by atoms with van der Waals surface area (Å²) >= 11 is 0. The molecule has 2 heterocycles. The summed E-state index contributed by atoms with van der Waals surface area (Å²) in [6, 6.07) is 4.92. The fourth-order valence-corrected chi connectivity index (χ4v) is 7.09. The number of anilines is 2. The molecule has 3 aliphatic rings. The number of morpholine rings is 1. The Hall–Kier alpha value is -1.46. The van der Waals surface area contributed by atoms with E-state index in [0.717, 1.165) is 58.2 Å². The Bertz CT molecular complexity index is 792. The van der Waals surface area contributed by atoms with E-state index in [0.29, 0.717) is 23.4 Å². The standard InChI is InChI=1S/C29H49N3O2/c1-7-9-30-10-12-31(13-11-30)25-19-27(34-8-2)26(32-14-16-33-17-15-32)18-24(25)23-20-28(3,4)22-29(5,6)21-23/h18-19,23H,7-17,20-22H2,1-6H3. The van der Waals surface area contributed by atoms with Crippen molar-refractivity contribution in [1.29, 1.82) is 0 Å². The molecule has 0 atom stereocenters. The van der Waals surface area contributed by atoms with Gasteiger partial charge in [0.05, 0.1) is 25.5 Å². The highest BCUT2D eigenvalue weighted by Gasteiger charge is 2.40. The summed E-state index contributed by atoms with van der Waals surface area (Å²) in [6.45, 7) is 24.2. The van der Waals surface area contributed by atoms with Crippen molar-refractivity contribution in [2.24, 2.45) is 10.8 Å². The molecule has 1 saturated carbocycles. The van der Waals surface area contributed by atoms with Crippen molar-refractivity contribution in [2.45, 2.75) is 73.1 Å². The topological polar surface area (TPSA) is 28.2 Å². The van der Waals surface area contributed by atoms with Gasteiger partial charge < -0.3 is 19.3 Å². The van der Waals surface area contributed by atoms with Gasteiger partial charge in [0.2, 0.25) is 0 Å². The number of rotatable bonds is 7. The quantitative estimate of drug-likeness (QED) is 0.503. The number of nitrogens with zero attached hydrogens (tertiary/aromatic N) is 3. The van der Waals surface area contributed by atoms with Gasteiger partial charge in [0.25, 0.3) is 0 Å². The van der Waals surface area contributed by atoms with E-state index in [1.54, 1.807) is 5.56 Å². The Labute approximate surface area is 208 Å².